The molecule has 7 heteroatoms. The van der Waals surface area contributed by atoms with E-state index in [0.717, 1.165) is 24.2 Å². The standard InChI is InChI=1S/C23H22N2O5/c1-23(17-7-8-19-20(12-17)30-10-9-29-19)21(27)25(22(28)24-23)13-18(26)16-6-5-14-3-2-4-15(14)11-16/h5-8,11-12H,2-4,9-10,13H2,1H3,(H,24,28)/t23-/m1/s1. The van der Waals surface area contributed by atoms with E-state index < -0.39 is 17.5 Å². The number of ether oxygens (including phenoxy) is 2. The molecule has 5 rings (SSSR count). The van der Waals surface area contributed by atoms with Crippen LogP contribution in [0.4, 0.5) is 4.79 Å². The van der Waals surface area contributed by atoms with Crippen LogP contribution >= 0.6 is 0 Å². The van der Waals surface area contributed by atoms with E-state index in [1.807, 2.05) is 12.1 Å². The molecule has 1 atom stereocenters. The number of rotatable bonds is 4. The Kier molecular flexibility index (Phi) is 4.27. The molecule has 0 radical (unpaired) electrons. The van der Waals surface area contributed by atoms with Gasteiger partial charge in [0.1, 0.15) is 18.8 Å². The fourth-order valence-corrected chi connectivity index (χ4v) is 4.37. The maximum absolute atomic E-state index is 13.2. The Morgan fingerprint density at radius 1 is 1.03 bits per heavy atom. The summed E-state index contributed by atoms with van der Waals surface area (Å²) in [7, 11) is 0. The van der Waals surface area contributed by atoms with Crippen LogP contribution in [0.3, 0.4) is 0 Å². The molecule has 1 aliphatic carbocycles. The van der Waals surface area contributed by atoms with E-state index in [4.69, 9.17) is 9.47 Å². The second kappa shape index (κ2) is 6.86. The van der Waals surface area contributed by atoms with Crippen molar-refractivity contribution in [3.63, 3.8) is 0 Å². The summed E-state index contributed by atoms with van der Waals surface area (Å²) in [5.41, 5.74) is 2.29. The minimum Gasteiger partial charge on any atom is -0.486 e. The Bertz CT molecular complexity index is 1080. The van der Waals surface area contributed by atoms with Crippen molar-refractivity contribution in [3.8, 4) is 11.5 Å². The van der Waals surface area contributed by atoms with E-state index in [-0.39, 0.29) is 12.3 Å². The number of hydrogen-bond donors (Lipinski definition) is 1. The monoisotopic (exact) mass is 406 g/mol. The third-order valence-corrected chi connectivity index (χ3v) is 6.12. The smallest absolute Gasteiger partial charge is 0.325 e. The molecule has 1 fully saturated rings. The molecule has 2 aromatic rings. The van der Waals surface area contributed by atoms with Crippen LogP contribution in [0.1, 0.15) is 40.4 Å². The van der Waals surface area contributed by atoms with Crippen molar-refractivity contribution in [2.75, 3.05) is 19.8 Å². The first-order valence-electron chi connectivity index (χ1n) is 10.1. The van der Waals surface area contributed by atoms with Crippen LogP contribution < -0.4 is 14.8 Å². The molecular formula is C23H22N2O5. The van der Waals surface area contributed by atoms with Crippen LogP contribution in [-0.2, 0) is 23.2 Å². The van der Waals surface area contributed by atoms with Crippen LogP contribution in [0.2, 0.25) is 0 Å². The molecule has 2 aliphatic heterocycles. The molecule has 3 amide bonds. The summed E-state index contributed by atoms with van der Waals surface area (Å²) >= 11 is 0. The molecule has 30 heavy (non-hydrogen) atoms. The minimum absolute atomic E-state index is 0.250. The number of fused-ring (bicyclic) bond motifs is 2. The van der Waals surface area contributed by atoms with Gasteiger partial charge in [0.25, 0.3) is 5.91 Å². The predicted molar refractivity (Wildman–Crippen MR) is 108 cm³/mol. The molecule has 2 aromatic carbocycles. The largest absolute Gasteiger partial charge is 0.486 e. The quantitative estimate of drug-likeness (QED) is 0.623. The van der Waals surface area contributed by atoms with Gasteiger partial charge < -0.3 is 14.8 Å². The number of carbonyl (C=O) groups excluding carboxylic acids is 3. The van der Waals surface area contributed by atoms with Crippen LogP contribution in [0.25, 0.3) is 0 Å². The Morgan fingerprint density at radius 2 is 1.80 bits per heavy atom. The summed E-state index contributed by atoms with van der Waals surface area (Å²) in [6.07, 6.45) is 3.08. The van der Waals surface area contributed by atoms with Gasteiger partial charge in [0.15, 0.2) is 17.3 Å². The highest BCUT2D eigenvalue weighted by molar-refractivity contribution is 6.11. The Balaban J connectivity index is 1.38. The van der Waals surface area contributed by atoms with Gasteiger partial charge in [-0.3, -0.25) is 14.5 Å². The molecule has 1 saturated heterocycles. The zero-order valence-corrected chi connectivity index (χ0v) is 16.7. The Hall–Kier alpha value is -3.35. The maximum atomic E-state index is 13.2. The molecule has 2 heterocycles. The highest BCUT2D eigenvalue weighted by atomic mass is 16.6. The third kappa shape index (κ3) is 2.93. The second-order valence-electron chi connectivity index (χ2n) is 8.07. The summed E-state index contributed by atoms with van der Waals surface area (Å²) in [6, 6.07) is 10.2. The first-order chi connectivity index (χ1) is 14.5. The van der Waals surface area contributed by atoms with E-state index in [2.05, 4.69) is 5.32 Å². The number of nitrogens with zero attached hydrogens (tertiary/aromatic N) is 1. The average molecular weight is 406 g/mol. The molecule has 1 N–H and O–H groups in total. The summed E-state index contributed by atoms with van der Waals surface area (Å²) in [5.74, 6) is 0.432. The molecule has 3 aliphatic rings. The molecule has 0 spiro atoms. The number of carbonyl (C=O) groups is 3. The molecule has 0 aromatic heterocycles. The second-order valence-corrected chi connectivity index (χ2v) is 8.07. The third-order valence-electron chi connectivity index (χ3n) is 6.12. The maximum Gasteiger partial charge on any atom is 0.325 e. The number of ketones is 1. The molecule has 0 bridgehead atoms. The van der Waals surface area contributed by atoms with E-state index in [0.29, 0.717) is 35.8 Å². The van der Waals surface area contributed by atoms with Crippen molar-refractivity contribution in [1.29, 1.82) is 0 Å². The number of Topliss-reactive ketones (excluding diaryl/α,β-unsaturated/α-hetero) is 1. The van der Waals surface area contributed by atoms with Crippen molar-refractivity contribution in [2.45, 2.75) is 31.7 Å². The average Bonchev–Trinajstić information content (AvgIpc) is 3.31. The minimum atomic E-state index is -1.27. The topological polar surface area (TPSA) is 84.9 Å². The fraction of sp³-hybridized carbons (Fsp3) is 0.348. The first-order valence-corrected chi connectivity index (χ1v) is 10.1. The summed E-state index contributed by atoms with van der Waals surface area (Å²) in [5, 5.41) is 2.74. The van der Waals surface area contributed by atoms with Gasteiger partial charge in [0.2, 0.25) is 0 Å². The normalized spacial score (nSPS) is 22.1. The van der Waals surface area contributed by atoms with E-state index >= 15 is 0 Å². The van der Waals surface area contributed by atoms with E-state index in [9.17, 15) is 14.4 Å². The lowest BCUT2D eigenvalue weighted by Crippen LogP contribution is -2.41. The van der Waals surface area contributed by atoms with Crippen LogP contribution in [-0.4, -0.2) is 42.4 Å². The highest BCUT2D eigenvalue weighted by Crippen LogP contribution is 2.37. The lowest BCUT2D eigenvalue weighted by atomic mass is 9.91. The number of nitrogens with one attached hydrogen (secondary N) is 1. The molecule has 0 unspecified atom stereocenters. The van der Waals surface area contributed by atoms with Crippen molar-refractivity contribution in [1.82, 2.24) is 10.2 Å². The number of urea groups is 1. The van der Waals surface area contributed by atoms with E-state index in [1.54, 1.807) is 31.2 Å². The van der Waals surface area contributed by atoms with Gasteiger partial charge in [-0.05, 0) is 61.1 Å². The number of hydrogen-bond acceptors (Lipinski definition) is 5. The predicted octanol–water partition coefficient (Wildman–Crippen LogP) is 2.60. The molecule has 0 saturated carbocycles. The number of imide groups is 1. The zero-order valence-electron chi connectivity index (χ0n) is 16.7. The molecule has 154 valence electrons. The van der Waals surface area contributed by atoms with Gasteiger partial charge in [0.05, 0.1) is 6.54 Å². The summed E-state index contributed by atoms with van der Waals surface area (Å²) in [6.45, 7) is 2.24. The van der Waals surface area contributed by atoms with Gasteiger partial charge in [-0.15, -0.1) is 0 Å². The van der Waals surface area contributed by atoms with Crippen LogP contribution in [0.5, 0.6) is 11.5 Å². The number of benzene rings is 2. The van der Waals surface area contributed by atoms with Gasteiger partial charge in [0, 0.05) is 5.56 Å². The van der Waals surface area contributed by atoms with Crippen molar-refractivity contribution in [2.24, 2.45) is 0 Å². The van der Waals surface area contributed by atoms with Crippen molar-refractivity contribution >= 4 is 17.7 Å². The van der Waals surface area contributed by atoms with Gasteiger partial charge in [-0.2, -0.15) is 0 Å². The highest BCUT2D eigenvalue weighted by Gasteiger charge is 2.49. The Morgan fingerprint density at radius 3 is 2.63 bits per heavy atom. The molecule has 7 nitrogen and oxygen atoms in total. The van der Waals surface area contributed by atoms with Gasteiger partial charge >= 0.3 is 6.03 Å². The lowest BCUT2D eigenvalue weighted by Gasteiger charge is -2.25. The number of aryl methyl sites for hydroxylation is 2. The number of amides is 3. The van der Waals surface area contributed by atoms with E-state index in [1.165, 1.54) is 11.1 Å². The van der Waals surface area contributed by atoms with Crippen molar-refractivity contribution in [3.05, 3.63) is 58.7 Å². The first kappa shape index (κ1) is 18.7. The fourth-order valence-electron chi connectivity index (χ4n) is 4.37. The summed E-state index contributed by atoms with van der Waals surface area (Å²) in [4.78, 5) is 39.6. The van der Waals surface area contributed by atoms with Crippen molar-refractivity contribution < 1.29 is 23.9 Å². The molecular weight excluding hydrogens is 384 g/mol. The van der Waals surface area contributed by atoms with Crippen LogP contribution in [0, 0.1) is 0 Å². The Labute approximate surface area is 174 Å². The SMILES string of the molecule is C[C@]1(c2ccc3c(c2)OCCO3)NC(=O)N(CC(=O)c2ccc3c(c2)CCC3)C1=O. The van der Waals surface area contributed by atoms with Gasteiger partial charge in [-0.1, -0.05) is 18.2 Å². The zero-order chi connectivity index (χ0) is 20.9. The summed E-state index contributed by atoms with van der Waals surface area (Å²) < 4.78 is 11.1. The lowest BCUT2D eigenvalue weighted by molar-refractivity contribution is -0.130. The van der Waals surface area contributed by atoms with Gasteiger partial charge in [-0.25, -0.2) is 4.79 Å². The van der Waals surface area contributed by atoms with Crippen LogP contribution in [0.15, 0.2) is 36.4 Å².